The number of hydrogen-bond donors (Lipinski definition) is 1. The second-order valence-corrected chi connectivity index (χ2v) is 7.18. The Morgan fingerprint density at radius 3 is 3.11 bits per heavy atom. The van der Waals surface area contributed by atoms with Crippen LogP contribution in [0.1, 0.15) is 31.6 Å². The molecule has 2 heterocycles. The Labute approximate surface area is 123 Å². The van der Waals surface area contributed by atoms with Crippen LogP contribution in [0.15, 0.2) is 15.9 Å². The summed E-state index contributed by atoms with van der Waals surface area (Å²) < 4.78 is 1.22. The molecular weight excluding hydrogens is 308 g/mol. The van der Waals surface area contributed by atoms with Crippen LogP contribution in [0.4, 0.5) is 0 Å². The molecule has 2 nitrogen and oxygen atoms in total. The fourth-order valence-corrected chi connectivity index (χ4v) is 3.98. The average molecular weight is 331 g/mol. The SMILES string of the molecule is CCC(C)C1CN(Cc2cc(Br)cs2)CCCN1. The molecule has 0 saturated carbocycles. The second kappa shape index (κ2) is 7.04. The van der Waals surface area contributed by atoms with Crippen LogP contribution in [0.25, 0.3) is 0 Å². The lowest BCUT2D eigenvalue weighted by Gasteiger charge is -2.27. The van der Waals surface area contributed by atoms with Crippen molar-refractivity contribution < 1.29 is 0 Å². The van der Waals surface area contributed by atoms with Crippen LogP contribution in [0.3, 0.4) is 0 Å². The number of nitrogens with one attached hydrogen (secondary N) is 1. The summed E-state index contributed by atoms with van der Waals surface area (Å²) in [6.07, 6.45) is 2.52. The van der Waals surface area contributed by atoms with E-state index in [1.165, 1.54) is 41.8 Å². The van der Waals surface area contributed by atoms with Gasteiger partial charge < -0.3 is 5.32 Å². The molecular formula is C14H23BrN2S. The highest BCUT2D eigenvalue weighted by Crippen LogP contribution is 2.22. The lowest BCUT2D eigenvalue weighted by Crippen LogP contribution is -2.41. The first-order valence-electron chi connectivity index (χ1n) is 6.87. The summed E-state index contributed by atoms with van der Waals surface area (Å²) in [7, 11) is 0. The molecule has 0 bridgehead atoms. The molecule has 1 aromatic rings. The van der Waals surface area contributed by atoms with Crippen LogP contribution in [-0.4, -0.2) is 30.6 Å². The number of nitrogens with zero attached hydrogens (tertiary/aromatic N) is 1. The Morgan fingerprint density at radius 1 is 1.61 bits per heavy atom. The third kappa shape index (κ3) is 4.05. The van der Waals surface area contributed by atoms with E-state index >= 15 is 0 Å². The van der Waals surface area contributed by atoms with Gasteiger partial charge in [-0.3, -0.25) is 4.90 Å². The van der Waals surface area contributed by atoms with Gasteiger partial charge in [-0.25, -0.2) is 0 Å². The summed E-state index contributed by atoms with van der Waals surface area (Å²) in [6.45, 7) is 9.32. The molecule has 2 atom stereocenters. The van der Waals surface area contributed by atoms with Gasteiger partial charge in [-0.1, -0.05) is 20.3 Å². The Balaban J connectivity index is 1.94. The monoisotopic (exact) mass is 330 g/mol. The molecule has 18 heavy (non-hydrogen) atoms. The summed E-state index contributed by atoms with van der Waals surface area (Å²) in [6, 6.07) is 2.90. The molecule has 1 aliphatic rings. The molecule has 4 heteroatoms. The molecule has 1 aliphatic heterocycles. The number of hydrogen-bond acceptors (Lipinski definition) is 3. The quantitative estimate of drug-likeness (QED) is 0.905. The summed E-state index contributed by atoms with van der Waals surface area (Å²) >= 11 is 5.39. The number of halogens is 1. The van der Waals surface area contributed by atoms with E-state index in [-0.39, 0.29) is 0 Å². The van der Waals surface area contributed by atoms with E-state index in [1.54, 1.807) is 0 Å². The van der Waals surface area contributed by atoms with Crippen LogP contribution in [0.5, 0.6) is 0 Å². The van der Waals surface area contributed by atoms with Gasteiger partial charge in [0.15, 0.2) is 0 Å². The third-order valence-corrected chi connectivity index (χ3v) is 5.53. The zero-order chi connectivity index (χ0) is 13.0. The highest BCUT2D eigenvalue weighted by molar-refractivity contribution is 9.10. The minimum Gasteiger partial charge on any atom is -0.312 e. The first-order valence-corrected chi connectivity index (χ1v) is 8.55. The standard InChI is InChI=1S/C14H23BrN2S/c1-3-11(2)14-9-17(6-4-5-16-14)8-13-7-12(15)10-18-13/h7,10-11,14,16H,3-6,8-9H2,1-2H3. The van der Waals surface area contributed by atoms with Crippen molar-refractivity contribution in [2.24, 2.45) is 5.92 Å². The summed E-state index contributed by atoms with van der Waals surface area (Å²) in [5.41, 5.74) is 0. The van der Waals surface area contributed by atoms with Gasteiger partial charge in [0.1, 0.15) is 0 Å². The first-order chi connectivity index (χ1) is 8.69. The summed E-state index contributed by atoms with van der Waals surface area (Å²) in [5.74, 6) is 0.765. The maximum Gasteiger partial charge on any atom is 0.0328 e. The van der Waals surface area contributed by atoms with Gasteiger partial charge in [-0.2, -0.15) is 0 Å². The fraction of sp³-hybridized carbons (Fsp3) is 0.714. The average Bonchev–Trinajstić information content (AvgIpc) is 2.64. The van der Waals surface area contributed by atoms with Gasteiger partial charge in [-0.05, 0) is 47.4 Å². The lowest BCUT2D eigenvalue weighted by atomic mass is 9.99. The maximum absolute atomic E-state index is 3.71. The van der Waals surface area contributed by atoms with Crippen molar-refractivity contribution in [3.8, 4) is 0 Å². The van der Waals surface area contributed by atoms with E-state index in [0.717, 1.165) is 12.5 Å². The van der Waals surface area contributed by atoms with Crippen molar-refractivity contribution in [2.75, 3.05) is 19.6 Å². The van der Waals surface area contributed by atoms with Crippen LogP contribution >= 0.6 is 27.3 Å². The van der Waals surface area contributed by atoms with Gasteiger partial charge in [-0.15, -0.1) is 11.3 Å². The Hall–Kier alpha value is 0.1000. The van der Waals surface area contributed by atoms with Gasteiger partial charge >= 0.3 is 0 Å². The predicted molar refractivity (Wildman–Crippen MR) is 83.2 cm³/mol. The van der Waals surface area contributed by atoms with Crippen LogP contribution < -0.4 is 5.32 Å². The second-order valence-electron chi connectivity index (χ2n) is 5.27. The molecule has 0 amide bonds. The minimum absolute atomic E-state index is 0.654. The molecule has 102 valence electrons. The molecule has 1 fully saturated rings. The lowest BCUT2D eigenvalue weighted by molar-refractivity contribution is 0.233. The van der Waals surface area contributed by atoms with Crippen molar-refractivity contribution >= 4 is 27.3 Å². The molecule has 2 unspecified atom stereocenters. The minimum atomic E-state index is 0.654. The van der Waals surface area contributed by atoms with Crippen molar-refractivity contribution in [3.05, 3.63) is 20.8 Å². The molecule has 1 saturated heterocycles. The molecule has 0 spiro atoms. The van der Waals surface area contributed by atoms with Crippen LogP contribution in [0.2, 0.25) is 0 Å². The third-order valence-electron chi connectivity index (χ3n) is 3.84. The molecule has 0 aromatic carbocycles. The van der Waals surface area contributed by atoms with Crippen LogP contribution in [-0.2, 0) is 6.54 Å². The van der Waals surface area contributed by atoms with E-state index in [0.29, 0.717) is 6.04 Å². The Bertz CT molecular complexity index is 366. The smallest absolute Gasteiger partial charge is 0.0328 e. The fourth-order valence-electron chi connectivity index (χ4n) is 2.49. The maximum atomic E-state index is 3.71. The molecule has 1 aromatic heterocycles. The van der Waals surface area contributed by atoms with Crippen molar-refractivity contribution in [3.63, 3.8) is 0 Å². The molecule has 1 N–H and O–H groups in total. The molecule has 2 rings (SSSR count). The first kappa shape index (κ1) is 14.5. The summed E-state index contributed by atoms with van der Waals surface area (Å²) in [5, 5.41) is 5.88. The zero-order valence-corrected chi connectivity index (χ0v) is 13.7. The van der Waals surface area contributed by atoms with E-state index < -0.39 is 0 Å². The van der Waals surface area contributed by atoms with Crippen molar-refractivity contribution in [2.45, 2.75) is 39.3 Å². The highest BCUT2D eigenvalue weighted by Gasteiger charge is 2.21. The predicted octanol–water partition coefficient (Wildman–Crippen LogP) is 3.72. The zero-order valence-electron chi connectivity index (χ0n) is 11.3. The van der Waals surface area contributed by atoms with Crippen molar-refractivity contribution in [1.82, 2.24) is 10.2 Å². The molecule has 0 aliphatic carbocycles. The van der Waals surface area contributed by atoms with E-state index in [2.05, 4.69) is 51.4 Å². The van der Waals surface area contributed by atoms with Gasteiger partial charge in [0.05, 0.1) is 0 Å². The largest absolute Gasteiger partial charge is 0.312 e. The molecule has 0 radical (unpaired) electrons. The Kier molecular flexibility index (Phi) is 5.67. The normalized spacial score (nSPS) is 23.8. The van der Waals surface area contributed by atoms with E-state index in [4.69, 9.17) is 0 Å². The number of rotatable bonds is 4. The highest BCUT2D eigenvalue weighted by atomic mass is 79.9. The van der Waals surface area contributed by atoms with Crippen molar-refractivity contribution in [1.29, 1.82) is 0 Å². The van der Waals surface area contributed by atoms with E-state index in [1.807, 2.05) is 11.3 Å². The van der Waals surface area contributed by atoms with Gasteiger partial charge in [0.2, 0.25) is 0 Å². The topological polar surface area (TPSA) is 15.3 Å². The Morgan fingerprint density at radius 2 is 2.44 bits per heavy atom. The van der Waals surface area contributed by atoms with Gasteiger partial charge in [0, 0.05) is 33.9 Å². The van der Waals surface area contributed by atoms with E-state index in [9.17, 15) is 0 Å². The van der Waals surface area contributed by atoms with Crippen LogP contribution in [0, 0.1) is 5.92 Å². The summed E-state index contributed by atoms with van der Waals surface area (Å²) in [4.78, 5) is 4.07. The van der Waals surface area contributed by atoms with Gasteiger partial charge in [0.25, 0.3) is 0 Å². The number of thiophene rings is 1.